The molecule has 0 aliphatic carbocycles. The van der Waals surface area contributed by atoms with Crippen LogP contribution in [0.25, 0.3) is 0 Å². The van der Waals surface area contributed by atoms with Crippen molar-refractivity contribution in [2.45, 2.75) is 6.42 Å². The summed E-state index contributed by atoms with van der Waals surface area (Å²) in [4.78, 5) is 30.3. The van der Waals surface area contributed by atoms with E-state index in [-0.39, 0.29) is 24.0 Å². The molecule has 140 valence electrons. The van der Waals surface area contributed by atoms with Gasteiger partial charge < -0.3 is 14.6 Å². The summed E-state index contributed by atoms with van der Waals surface area (Å²) in [5.74, 6) is -0.257. The molecule has 1 aromatic carbocycles. The fourth-order valence-electron chi connectivity index (χ4n) is 2.41. The van der Waals surface area contributed by atoms with Crippen LogP contribution in [0.15, 0.2) is 58.5 Å². The van der Waals surface area contributed by atoms with E-state index in [2.05, 4.69) is 20.5 Å². The third kappa shape index (κ3) is 5.42. The molecule has 0 aliphatic rings. The van der Waals surface area contributed by atoms with Crippen molar-refractivity contribution in [2.75, 3.05) is 30.4 Å². The highest BCUT2D eigenvalue weighted by molar-refractivity contribution is 7.14. The van der Waals surface area contributed by atoms with E-state index in [1.54, 1.807) is 17.5 Å². The number of likely N-dealkylation sites (N-methyl/N-ethyl adjacent to an activating group) is 1. The molecule has 7 nitrogen and oxygen atoms in total. The second kappa shape index (κ2) is 9.00. The van der Waals surface area contributed by atoms with Crippen molar-refractivity contribution in [3.63, 3.8) is 0 Å². The molecule has 3 rings (SSSR count). The molecule has 0 aliphatic heterocycles. The van der Waals surface area contributed by atoms with Gasteiger partial charge >= 0.3 is 0 Å². The number of amides is 2. The van der Waals surface area contributed by atoms with E-state index in [4.69, 9.17) is 4.42 Å². The number of hydrogen-bond donors (Lipinski definition) is 2. The van der Waals surface area contributed by atoms with Gasteiger partial charge in [-0.05, 0) is 24.3 Å². The summed E-state index contributed by atoms with van der Waals surface area (Å²) < 4.78 is 5.03. The number of furan rings is 1. The second-order valence-corrected chi connectivity index (χ2v) is 6.72. The first-order chi connectivity index (χ1) is 13.1. The fraction of sp³-hybridized carbons (Fsp3) is 0.211. The lowest BCUT2D eigenvalue weighted by Crippen LogP contribution is -2.33. The first-order valence-corrected chi connectivity index (χ1v) is 9.32. The standard InChI is InChI=1S/C19H20N4O3S/c1-23(15-6-3-2-4-7-15)10-9-20-17(24)12-14-13-27-19(21-14)22-18(25)16-8-5-11-26-16/h2-8,11,13H,9-10,12H2,1H3,(H,20,24)(H,21,22,25). The summed E-state index contributed by atoms with van der Waals surface area (Å²) in [6.07, 6.45) is 1.60. The van der Waals surface area contributed by atoms with Crippen LogP contribution in [-0.4, -0.2) is 36.9 Å². The predicted molar refractivity (Wildman–Crippen MR) is 105 cm³/mol. The Morgan fingerprint density at radius 3 is 2.74 bits per heavy atom. The lowest BCUT2D eigenvalue weighted by molar-refractivity contribution is -0.120. The molecular weight excluding hydrogens is 364 g/mol. The topological polar surface area (TPSA) is 87.5 Å². The van der Waals surface area contributed by atoms with E-state index in [1.165, 1.54) is 17.6 Å². The highest BCUT2D eigenvalue weighted by Gasteiger charge is 2.12. The first-order valence-electron chi connectivity index (χ1n) is 8.44. The monoisotopic (exact) mass is 384 g/mol. The summed E-state index contributed by atoms with van der Waals surface area (Å²) in [6.45, 7) is 1.24. The second-order valence-electron chi connectivity index (χ2n) is 5.86. The van der Waals surface area contributed by atoms with Crippen LogP contribution in [0.4, 0.5) is 10.8 Å². The lowest BCUT2D eigenvalue weighted by atomic mass is 10.3. The van der Waals surface area contributed by atoms with Crippen LogP contribution in [-0.2, 0) is 11.2 Å². The molecule has 2 amide bonds. The molecule has 27 heavy (non-hydrogen) atoms. The fourth-order valence-corrected chi connectivity index (χ4v) is 3.12. The van der Waals surface area contributed by atoms with Gasteiger partial charge in [0.2, 0.25) is 5.91 Å². The van der Waals surface area contributed by atoms with Crippen LogP contribution < -0.4 is 15.5 Å². The van der Waals surface area contributed by atoms with Crippen molar-refractivity contribution < 1.29 is 14.0 Å². The molecule has 0 saturated heterocycles. The van der Waals surface area contributed by atoms with E-state index in [1.807, 2.05) is 37.4 Å². The van der Waals surface area contributed by atoms with Crippen molar-refractivity contribution in [1.82, 2.24) is 10.3 Å². The van der Waals surface area contributed by atoms with Crippen molar-refractivity contribution in [2.24, 2.45) is 0 Å². The summed E-state index contributed by atoms with van der Waals surface area (Å²) in [5, 5.41) is 7.73. The number of anilines is 2. The normalized spacial score (nSPS) is 10.4. The van der Waals surface area contributed by atoms with E-state index < -0.39 is 0 Å². The molecule has 0 fully saturated rings. The van der Waals surface area contributed by atoms with Crippen molar-refractivity contribution in [3.8, 4) is 0 Å². The molecule has 0 saturated carbocycles. The van der Waals surface area contributed by atoms with Crippen LogP contribution in [0.3, 0.4) is 0 Å². The number of thiazole rings is 1. The van der Waals surface area contributed by atoms with Gasteiger partial charge in [0.1, 0.15) is 0 Å². The number of nitrogens with zero attached hydrogens (tertiary/aromatic N) is 2. The molecule has 0 radical (unpaired) electrons. The molecule has 2 heterocycles. The average Bonchev–Trinajstić information content (AvgIpc) is 3.34. The molecule has 2 aromatic heterocycles. The van der Waals surface area contributed by atoms with Gasteiger partial charge in [-0.1, -0.05) is 18.2 Å². The number of carbonyl (C=O) groups excluding carboxylic acids is 2. The third-order valence-corrected chi connectivity index (χ3v) is 4.63. The van der Waals surface area contributed by atoms with Gasteiger partial charge in [0.25, 0.3) is 5.91 Å². The van der Waals surface area contributed by atoms with Gasteiger partial charge in [0, 0.05) is 31.2 Å². The summed E-state index contributed by atoms with van der Waals surface area (Å²) in [7, 11) is 1.98. The number of para-hydroxylation sites is 1. The molecular formula is C19H20N4O3S. The molecule has 2 N–H and O–H groups in total. The number of benzene rings is 1. The van der Waals surface area contributed by atoms with Crippen LogP contribution >= 0.6 is 11.3 Å². The molecule has 0 bridgehead atoms. The Labute approximate surface area is 161 Å². The van der Waals surface area contributed by atoms with Crippen molar-refractivity contribution in [3.05, 3.63) is 65.6 Å². The molecule has 3 aromatic rings. The van der Waals surface area contributed by atoms with Gasteiger partial charge in [0.05, 0.1) is 18.4 Å². The molecule has 0 atom stereocenters. The SMILES string of the molecule is CN(CCNC(=O)Cc1csc(NC(=O)c2ccco2)n1)c1ccccc1. The maximum absolute atomic E-state index is 12.1. The van der Waals surface area contributed by atoms with Crippen molar-refractivity contribution in [1.29, 1.82) is 0 Å². The van der Waals surface area contributed by atoms with Gasteiger partial charge in [-0.25, -0.2) is 4.98 Å². The smallest absolute Gasteiger partial charge is 0.293 e. The van der Waals surface area contributed by atoms with Gasteiger partial charge in [-0.15, -0.1) is 11.3 Å². The lowest BCUT2D eigenvalue weighted by Gasteiger charge is -2.19. The summed E-state index contributed by atoms with van der Waals surface area (Å²) in [5.41, 5.74) is 1.71. The maximum atomic E-state index is 12.1. The third-order valence-electron chi connectivity index (χ3n) is 3.83. The Morgan fingerprint density at radius 1 is 1.19 bits per heavy atom. The number of nitrogens with one attached hydrogen (secondary N) is 2. The quantitative estimate of drug-likeness (QED) is 0.624. The zero-order valence-electron chi connectivity index (χ0n) is 14.8. The minimum absolute atomic E-state index is 0.106. The Morgan fingerprint density at radius 2 is 2.00 bits per heavy atom. The highest BCUT2D eigenvalue weighted by atomic mass is 32.1. The van der Waals surface area contributed by atoms with Gasteiger partial charge in [0.15, 0.2) is 10.9 Å². The average molecular weight is 384 g/mol. The Kier molecular flexibility index (Phi) is 6.22. The van der Waals surface area contributed by atoms with Crippen LogP contribution in [0.5, 0.6) is 0 Å². The van der Waals surface area contributed by atoms with Gasteiger partial charge in [-0.3, -0.25) is 14.9 Å². The molecule has 0 unspecified atom stereocenters. The number of aromatic nitrogens is 1. The number of hydrogen-bond acceptors (Lipinski definition) is 6. The Hall–Kier alpha value is -3.13. The van der Waals surface area contributed by atoms with Gasteiger partial charge in [-0.2, -0.15) is 0 Å². The Balaban J connectivity index is 1.42. The minimum Gasteiger partial charge on any atom is -0.459 e. The maximum Gasteiger partial charge on any atom is 0.293 e. The van der Waals surface area contributed by atoms with Crippen LogP contribution in [0, 0.1) is 0 Å². The zero-order valence-corrected chi connectivity index (χ0v) is 15.7. The van der Waals surface area contributed by atoms with Crippen molar-refractivity contribution >= 4 is 34.0 Å². The number of carbonyl (C=O) groups is 2. The number of rotatable bonds is 8. The molecule has 8 heteroatoms. The minimum atomic E-state index is -0.366. The predicted octanol–water partition coefficient (Wildman–Crippen LogP) is 2.78. The van der Waals surface area contributed by atoms with E-state index in [0.717, 1.165) is 5.69 Å². The van der Waals surface area contributed by atoms with E-state index in [0.29, 0.717) is 23.9 Å². The summed E-state index contributed by atoms with van der Waals surface area (Å²) in [6, 6.07) is 13.2. The van der Waals surface area contributed by atoms with Crippen LogP contribution in [0.1, 0.15) is 16.2 Å². The van der Waals surface area contributed by atoms with Crippen LogP contribution in [0.2, 0.25) is 0 Å². The largest absolute Gasteiger partial charge is 0.459 e. The van der Waals surface area contributed by atoms with E-state index in [9.17, 15) is 9.59 Å². The first kappa shape index (κ1) is 18.7. The van der Waals surface area contributed by atoms with E-state index >= 15 is 0 Å². The molecule has 0 spiro atoms. The Bertz CT molecular complexity index is 878. The summed E-state index contributed by atoms with van der Waals surface area (Å²) >= 11 is 1.27. The highest BCUT2D eigenvalue weighted by Crippen LogP contribution is 2.17. The zero-order chi connectivity index (χ0) is 19.1.